The van der Waals surface area contributed by atoms with Gasteiger partial charge in [-0.2, -0.15) is 21.0 Å². The van der Waals surface area contributed by atoms with Gasteiger partial charge in [0.05, 0.1) is 11.4 Å². The SMILES string of the molecule is [B]=NP.[C-]#[N+]c1nc2c3nc(C#N)c(C#N)nc3c3nc(C#N)c(C#N)nc3c2nc1[N+]#[C-].c1ccc(N(c2ccc(-c3ccc(N(c4ccccc4)c4cccc5ccccc45)cc3)cc2)c2cccc3ccccc23)cc1.c1cnc2c([O][Al]([O]c3cccc4cccnc34)[O]c3cccc4cccnc34)cccc2c1. The summed E-state index contributed by atoms with van der Waals surface area (Å²) in [5, 5.41) is 45.0. The Balaban J connectivity index is 0.000000135. The summed E-state index contributed by atoms with van der Waals surface area (Å²) in [6.07, 6.45) is 5.24. The molecule has 18 rings (SSSR count). The topological polar surface area (TPSA) is 266 Å². The van der Waals surface area contributed by atoms with Crippen molar-refractivity contribution >= 4 is 165 Å². The zero-order valence-electron chi connectivity index (χ0n) is 59.4. The van der Waals surface area contributed by atoms with Crippen molar-refractivity contribution in [3.63, 3.8) is 0 Å². The first-order valence-corrected chi connectivity index (χ1v) is 36.7. The van der Waals surface area contributed by atoms with E-state index in [9.17, 15) is 21.0 Å². The third kappa shape index (κ3) is 15.2. The molecule has 527 valence electrons. The Morgan fingerprint density at radius 1 is 0.327 bits per heavy atom. The number of aromatic nitrogens is 9. The summed E-state index contributed by atoms with van der Waals surface area (Å²) in [5.74, 6) is 1.22. The smallest absolute Gasteiger partial charge is 0.576 e. The molecular weight excluding hydrogens is 1440 g/mol. The molecule has 0 spiro atoms. The van der Waals surface area contributed by atoms with Crippen molar-refractivity contribution in [2.24, 2.45) is 4.67 Å². The molecule has 6 aromatic heterocycles. The van der Waals surface area contributed by atoms with Gasteiger partial charge < -0.3 is 30.9 Å². The third-order valence-corrected chi connectivity index (χ3v) is 19.4. The second kappa shape index (κ2) is 33.5. The number of nitrogens with zero attached hydrogens (tertiary/aromatic N) is 18. The molecule has 0 aliphatic carbocycles. The first-order chi connectivity index (χ1) is 55.7. The van der Waals surface area contributed by atoms with Crippen LogP contribution >= 0.6 is 9.39 Å². The molecule has 6 heterocycles. The van der Waals surface area contributed by atoms with Crippen LogP contribution < -0.4 is 21.2 Å². The number of hydrogen-bond donors (Lipinski definition) is 0. The predicted molar refractivity (Wildman–Crippen MR) is 444 cm³/mol. The van der Waals surface area contributed by atoms with E-state index in [4.69, 9.17) is 24.5 Å². The minimum absolute atomic E-state index is 0.00714. The van der Waals surface area contributed by atoms with Gasteiger partial charge in [0, 0.05) is 68.3 Å². The van der Waals surface area contributed by atoms with Gasteiger partial charge in [-0.25, -0.2) is 19.9 Å². The van der Waals surface area contributed by atoms with Crippen molar-refractivity contribution < 1.29 is 11.4 Å². The van der Waals surface area contributed by atoms with Gasteiger partial charge in [0.15, 0.2) is 22.8 Å². The Kier molecular flexibility index (Phi) is 21.6. The molecule has 1 radical (unpaired) electrons. The molecule has 0 bridgehead atoms. The first kappa shape index (κ1) is 72.7. The Bertz CT molecular complexity index is 6230. The van der Waals surface area contributed by atoms with Crippen molar-refractivity contribution in [3.8, 4) is 52.7 Å². The van der Waals surface area contributed by atoms with E-state index in [1.54, 1.807) is 42.9 Å². The first-order valence-electron chi connectivity index (χ1n) is 34.8. The van der Waals surface area contributed by atoms with Gasteiger partial charge in [-0.05, 0) is 119 Å². The minimum Gasteiger partial charge on any atom is -0.576 e. The molecule has 113 heavy (non-hydrogen) atoms. The van der Waals surface area contributed by atoms with E-state index in [0.717, 1.165) is 66.8 Å². The largest absolute Gasteiger partial charge is 1.20 e. The summed E-state index contributed by atoms with van der Waals surface area (Å²) < 4.78 is 22.1. The van der Waals surface area contributed by atoms with Crippen LogP contribution in [0.3, 0.4) is 0 Å². The fourth-order valence-electron chi connectivity index (χ4n) is 13.1. The Labute approximate surface area is 654 Å². The number of anilines is 6. The number of benzene rings is 12. The fraction of sp³-hybridized carbons (Fsp3) is 0. The molecule has 0 amide bonds. The average molecular weight is 1490 g/mol. The van der Waals surface area contributed by atoms with Crippen molar-refractivity contribution in [3.05, 3.63) is 349 Å². The molecule has 0 saturated heterocycles. The molecule has 21 nitrogen and oxygen atoms in total. The number of fused-ring (bicyclic) bond motifs is 11. The third-order valence-electron chi connectivity index (χ3n) is 18.0. The normalized spacial score (nSPS) is 10.5. The van der Waals surface area contributed by atoms with Gasteiger partial charge >= 0.3 is 36.8 Å². The standard InChI is InChI=1S/C44H32N2.C18N12.3C9H7NO.Al.BH2NP/c1-3-17-37(18-4-1)45(43-23-11-15-35-13-7-9-21-41(35)43)39-29-25-33(26-30-39)34-27-31-40(32-28-34)46(38-19-5-2-6-20-38)44-24-12-16-36-14-8-10-22-42(36)44;1-23-17-18(24-2)30-16-14-12(26-8(4-20)10(6-22)28-14)11-13(15(16)29-17)27-9(5-21)7(3-19)25-11;3*11-8-5-1-3-7-4-2-6-10-9(7)8;;1-2-3/h1-32H;;3*1-6,11H;;3H2/q;;;;;+3;/p-3. The van der Waals surface area contributed by atoms with E-state index in [2.05, 4.69) is 271 Å². The van der Waals surface area contributed by atoms with E-state index >= 15 is 0 Å². The van der Waals surface area contributed by atoms with Gasteiger partial charge in [-0.1, -0.05) is 201 Å². The Hall–Kier alpha value is -15.8. The van der Waals surface area contributed by atoms with Gasteiger partial charge in [0.25, 0.3) is 11.6 Å². The summed E-state index contributed by atoms with van der Waals surface area (Å²) in [7, 11) is 6.42. The zero-order chi connectivity index (χ0) is 77.6. The van der Waals surface area contributed by atoms with Gasteiger partial charge in [-0.15, -0.1) is 9.97 Å². The average Bonchev–Trinajstić information content (AvgIpc) is 0.723. The number of para-hydroxylation sites is 5. The summed E-state index contributed by atoms with van der Waals surface area (Å²) in [5.41, 5.74) is 10.2. The van der Waals surface area contributed by atoms with Crippen LogP contribution in [0.5, 0.6) is 17.2 Å². The van der Waals surface area contributed by atoms with Gasteiger partial charge in [0.2, 0.25) is 11.0 Å². The molecule has 24 heteroatoms. The second-order valence-corrected chi connectivity index (χ2v) is 26.3. The van der Waals surface area contributed by atoms with Crippen LogP contribution in [0.1, 0.15) is 22.8 Å². The number of rotatable bonds is 13. The second-order valence-electron chi connectivity index (χ2n) is 24.7. The zero-order valence-corrected chi connectivity index (χ0v) is 61.7. The fourth-order valence-corrected chi connectivity index (χ4v) is 14.4. The molecule has 0 fully saturated rings. The molecule has 1 atom stereocenters. The minimum atomic E-state index is -2.86. The molecule has 18 aromatic rings. The van der Waals surface area contributed by atoms with Crippen LogP contribution in [0.15, 0.2) is 308 Å². The molecule has 0 saturated carbocycles. The maximum absolute atomic E-state index is 9.29. The number of pyridine rings is 3. The maximum Gasteiger partial charge on any atom is 1.20 e. The van der Waals surface area contributed by atoms with Crippen LogP contribution in [0, 0.1) is 58.5 Å². The molecule has 1 unspecified atom stereocenters. The summed E-state index contributed by atoms with van der Waals surface area (Å²) >= 11 is -2.86. The monoisotopic (exact) mass is 1490 g/mol. The predicted octanol–water partition coefficient (Wildman–Crippen LogP) is 20.7. The van der Waals surface area contributed by atoms with Gasteiger partial charge in [-0.3, -0.25) is 15.0 Å². The Morgan fingerprint density at radius 3 is 0.929 bits per heavy atom. The van der Waals surface area contributed by atoms with Crippen molar-refractivity contribution in [1.29, 1.82) is 21.0 Å². The van der Waals surface area contributed by atoms with Crippen molar-refractivity contribution in [2.45, 2.75) is 0 Å². The summed E-state index contributed by atoms with van der Waals surface area (Å²) in [6.45, 7) is 14.5. The molecule has 12 aromatic carbocycles. The summed E-state index contributed by atoms with van der Waals surface area (Å²) in [6, 6.07) is 105. The van der Waals surface area contributed by atoms with E-state index in [0.29, 0.717) is 17.2 Å². The van der Waals surface area contributed by atoms with E-state index in [1.807, 2.05) is 100 Å². The van der Waals surface area contributed by atoms with Crippen molar-refractivity contribution in [1.82, 2.24) is 44.9 Å². The van der Waals surface area contributed by atoms with Crippen LogP contribution in [-0.2, 0) is 0 Å². The maximum atomic E-state index is 9.29. The molecule has 0 aliphatic heterocycles. The summed E-state index contributed by atoms with van der Waals surface area (Å²) in [4.78, 5) is 49.3. The quantitative estimate of drug-likeness (QED) is 0.0449. The number of hydrogen-bond acceptors (Lipinski definition) is 19. The molecule has 0 N–H and O–H groups in total. The van der Waals surface area contributed by atoms with Crippen LogP contribution in [0.4, 0.5) is 45.8 Å². The van der Waals surface area contributed by atoms with Crippen LogP contribution in [-0.4, -0.2) is 67.6 Å². The van der Waals surface area contributed by atoms with Crippen LogP contribution in [0.2, 0.25) is 0 Å². The van der Waals surface area contributed by atoms with E-state index < -0.39 is 15.1 Å². The van der Waals surface area contributed by atoms with Crippen LogP contribution in [0.25, 0.3) is 108 Å². The molecular formula is C89H52AlBN18O3P. The molecule has 0 aliphatic rings. The van der Waals surface area contributed by atoms with E-state index in [-0.39, 0.29) is 67.5 Å². The number of nitriles is 4. The van der Waals surface area contributed by atoms with E-state index in [1.165, 1.54) is 32.7 Å². The van der Waals surface area contributed by atoms with Gasteiger partial charge in [0.1, 0.15) is 80.1 Å². The Morgan fingerprint density at radius 2 is 0.602 bits per heavy atom. The van der Waals surface area contributed by atoms with Crippen molar-refractivity contribution in [2.75, 3.05) is 9.80 Å².